The molecule has 0 aliphatic rings. The smallest absolute Gasteiger partial charge is 0.0639 e. The lowest BCUT2D eigenvalue weighted by atomic mass is 9.79. The summed E-state index contributed by atoms with van der Waals surface area (Å²) in [7, 11) is 0. The van der Waals surface area contributed by atoms with Crippen LogP contribution in [0.5, 0.6) is 0 Å². The van der Waals surface area contributed by atoms with Gasteiger partial charge >= 0.3 is 0 Å². The van der Waals surface area contributed by atoms with Gasteiger partial charge in [-0.25, -0.2) is 0 Å². The number of aliphatic hydroxyl groups is 1. The summed E-state index contributed by atoms with van der Waals surface area (Å²) in [5, 5.41) is 9.99. The van der Waals surface area contributed by atoms with Crippen molar-refractivity contribution >= 4 is 17.4 Å². The second-order valence-electron chi connectivity index (χ2n) is 6.54. The molecule has 3 heteroatoms. The van der Waals surface area contributed by atoms with Crippen LogP contribution in [0.4, 0.5) is 5.69 Å². The number of nitrogen functional groups attached to an aromatic ring is 1. The fourth-order valence-corrected chi connectivity index (χ4v) is 1.66. The predicted molar refractivity (Wildman–Crippen MR) is 87.6 cm³/mol. The lowest BCUT2D eigenvalue weighted by Crippen LogP contribution is -2.35. The molecule has 0 radical (unpaired) electrons. The van der Waals surface area contributed by atoms with Gasteiger partial charge in [0.2, 0.25) is 0 Å². The van der Waals surface area contributed by atoms with Crippen molar-refractivity contribution in [1.29, 1.82) is 0 Å². The molecule has 0 spiro atoms. The van der Waals surface area contributed by atoms with Gasteiger partial charge in [-0.05, 0) is 43.5 Å². The summed E-state index contributed by atoms with van der Waals surface area (Å²) in [5.74, 6) is 0. The van der Waals surface area contributed by atoms with E-state index in [-0.39, 0.29) is 5.41 Å². The van der Waals surface area contributed by atoms with Crippen molar-refractivity contribution in [2.75, 3.05) is 5.73 Å². The molecule has 1 aromatic rings. The molecule has 0 amide bonds. The fourth-order valence-electron chi connectivity index (χ4n) is 0.819. The van der Waals surface area contributed by atoms with Crippen LogP contribution in [0.1, 0.15) is 48.5 Å². The van der Waals surface area contributed by atoms with Crippen LogP contribution in [-0.4, -0.2) is 16.0 Å². The van der Waals surface area contributed by atoms with Gasteiger partial charge in [0.1, 0.15) is 0 Å². The zero-order valence-electron chi connectivity index (χ0n) is 13.3. The van der Waals surface area contributed by atoms with Crippen molar-refractivity contribution in [1.82, 2.24) is 0 Å². The topological polar surface area (TPSA) is 46.2 Å². The van der Waals surface area contributed by atoms with Gasteiger partial charge in [0.25, 0.3) is 0 Å². The summed E-state index contributed by atoms with van der Waals surface area (Å²) < 4.78 is 0. The molecule has 0 aromatic heterocycles. The SMILES string of the molecule is CC(C)(C)C(C)(C)O.CC(C)Sc1ccc(N)cc1. The van der Waals surface area contributed by atoms with Crippen molar-refractivity contribution in [3.8, 4) is 0 Å². The highest BCUT2D eigenvalue weighted by atomic mass is 32.2. The van der Waals surface area contributed by atoms with Crippen molar-refractivity contribution in [2.24, 2.45) is 5.41 Å². The molecule has 0 unspecified atom stereocenters. The quantitative estimate of drug-likeness (QED) is 0.617. The number of hydrogen-bond acceptors (Lipinski definition) is 3. The molecule has 0 saturated heterocycles. The van der Waals surface area contributed by atoms with Crippen molar-refractivity contribution in [3.05, 3.63) is 24.3 Å². The Balaban J connectivity index is 0.000000362. The van der Waals surface area contributed by atoms with Crippen LogP contribution in [0.25, 0.3) is 0 Å². The number of anilines is 1. The minimum absolute atomic E-state index is 0.00694. The van der Waals surface area contributed by atoms with E-state index in [0.717, 1.165) is 5.69 Å². The Morgan fingerprint density at radius 2 is 1.37 bits per heavy atom. The van der Waals surface area contributed by atoms with E-state index >= 15 is 0 Å². The van der Waals surface area contributed by atoms with Gasteiger partial charge in [-0.3, -0.25) is 0 Å². The van der Waals surface area contributed by atoms with Crippen molar-refractivity contribution in [3.63, 3.8) is 0 Å². The van der Waals surface area contributed by atoms with Crippen molar-refractivity contribution in [2.45, 2.75) is 64.2 Å². The van der Waals surface area contributed by atoms with Gasteiger partial charge in [0, 0.05) is 15.8 Å². The van der Waals surface area contributed by atoms with Gasteiger partial charge < -0.3 is 10.8 Å². The lowest BCUT2D eigenvalue weighted by molar-refractivity contribution is -0.0238. The van der Waals surface area contributed by atoms with Gasteiger partial charge in [-0.2, -0.15) is 0 Å². The zero-order chi connectivity index (χ0) is 15.3. The van der Waals surface area contributed by atoms with Crippen LogP contribution in [0, 0.1) is 5.41 Å². The summed E-state index contributed by atoms with van der Waals surface area (Å²) in [4.78, 5) is 1.29. The van der Waals surface area contributed by atoms with Gasteiger partial charge in [0.05, 0.1) is 5.60 Å². The van der Waals surface area contributed by atoms with Crippen LogP contribution < -0.4 is 5.73 Å². The van der Waals surface area contributed by atoms with Gasteiger partial charge in [-0.15, -0.1) is 11.8 Å². The molecule has 0 atom stereocenters. The van der Waals surface area contributed by atoms with Gasteiger partial charge in [-0.1, -0.05) is 34.6 Å². The minimum atomic E-state index is -0.562. The van der Waals surface area contributed by atoms with Gasteiger partial charge in [0.15, 0.2) is 0 Å². The number of rotatable bonds is 2. The first-order chi connectivity index (χ1) is 8.43. The van der Waals surface area contributed by atoms with E-state index in [9.17, 15) is 5.11 Å². The largest absolute Gasteiger partial charge is 0.399 e. The highest BCUT2D eigenvalue weighted by Gasteiger charge is 2.29. The Kier molecular flexibility index (Phi) is 6.95. The fraction of sp³-hybridized carbons (Fsp3) is 0.625. The normalized spacial score (nSPS) is 12.1. The summed E-state index contributed by atoms with van der Waals surface area (Å²) in [6.07, 6.45) is 0. The number of nitrogens with two attached hydrogens (primary N) is 1. The molecule has 3 N–H and O–H groups in total. The van der Waals surface area contributed by atoms with E-state index in [0.29, 0.717) is 5.25 Å². The molecule has 1 aromatic carbocycles. The van der Waals surface area contributed by atoms with Crippen LogP contribution in [0.2, 0.25) is 0 Å². The first-order valence-corrected chi connectivity index (χ1v) is 7.56. The van der Waals surface area contributed by atoms with E-state index in [1.54, 1.807) is 0 Å². The van der Waals surface area contributed by atoms with E-state index < -0.39 is 5.60 Å². The maximum absolute atomic E-state index is 9.35. The average molecular weight is 283 g/mol. The Bertz CT molecular complexity index is 346. The molecule has 0 aliphatic carbocycles. The molecule has 0 bridgehead atoms. The number of thioether (sulfide) groups is 1. The third kappa shape index (κ3) is 8.17. The second-order valence-corrected chi connectivity index (χ2v) is 8.19. The first-order valence-electron chi connectivity index (χ1n) is 6.68. The molecule has 110 valence electrons. The third-order valence-corrected chi connectivity index (χ3v) is 4.10. The van der Waals surface area contributed by atoms with Crippen molar-refractivity contribution < 1.29 is 5.11 Å². The summed E-state index contributed by atoms with van der Waals surface area (Å²) in [6, 6.07) is 7.98. The molecular weight excluding hydrogens is 254 g/mol. The van der Waals surface area contributed by atoms with E-state index in [2.05, 4.69) is 26.0 Å². The van der Waals surface area contributed by atoms with E-state index in [1.165, 1.54) is 4.90 Å². The number of benzene rings is 1. The second kappa shape index (κ2) is 7.20. The van der Waals surface area contributed by atoms with Crippen LogP contribution in [0.15, 0.2) is 29.2 Å². The molecule has 0 fully saturated rings. The predicted octanol–water partition coefficient (Wildman–Crippen LogP) is 4.57. The summed E-state index contributed by atoms with van der Waals surface area (Å²) in [6.45, 7) is 14.1. The number of hydrogen-bond donors (Lipinski definition) is 2. The van der Waals surface area contributed by atoms with Crippen LogP contribution >= 0.6 is 11.8 Å². The molecule has 0 saturated carbocycles. The average Bonchev–Trinajstić information content (AvgIpc) is 2.18. The Morgan fingerprint density at radius 3 is 1.63 bits per heavy atom. The molecule has 19 heavy (non-hydrogen) atoms. The lowest BCUT2D eigenvalue weighted by Gasteiger charge is -2.33. The zero-order valence-corrected chi connectivity index (χ0v) is 14.1. The highest BCUT2D eigenvalue weighted by Crippen LogP contribution is 2.28. The summed E-state index contributed by atoms with van der Waals surface area (Å²) in [5.41, 5.74) is 5.81. The standard InChI is InChI=1S/C9H13NS.C7H16O/c1-7(2)11-9-5-3-8(10)4-6-9;1-6(2,3)7(4,5)8/h3-7H,10H2,1-2H3;8H,1-5H3. The van der Waals surface area contributed by atoms with Crippen LogP contribution in [0.3, 0.4) is 0 Å². The molecule has 0 heterocycles. The molecular formula is C16H29NOS. The minimum Gasteiger partial charge on any atom is -0.399 e. The van der Waals surface area contributed by atoms with Crippen LogP contribution in [-0.2, 0) is 0 Å². The maximum atomic E-state index is 9.35. The monoisotopic (exact) mass is 283 g/mol. The Hall–Kier alpha value is -0.670. The Morgan fingerprint density at radius 1 is 1.00 bits per heavy atom. The third-order valence-electron chi connectivity index (χ3n) is 3.09. The van der Waals surface area contributed by atoms with E-state index in [4.69, 9.17) is 5.73 Å². The highest BCUT2D eigenvalue weighted by molar-refractivity contribution is 7.99. The molecule has 1 rings (SSSR count). The maximum Gasteiger partial charge on any atom is 0.0639 e. The first kappa shape index (κ1) is 18.3. The molecule has 0 aliphatic heterocycles. The van der Waals surface area contributed by atoms with E-state index in [1.807, 2.05) is 58.5 Å². The summed E-state index contributed by atoms with van der Waals surface area (Å²) >= 11 is 1.85. The molecule has 2 nitrogen and oxygen atoms in total. The Labute approximate surface area is 122 Å².